The minimum Gasteiger partial charge on any atom is -0.315 e. The van der Waals surface area contributed by atoms with E-state index in [0.717, 1.165) is 19.5 Å². The van der Waals surface area contributed by atoms with Gasteiger partial charge in [0, 0.05) is 6.54 Å². The van der Waals surface area contributed by atoms with Crippen LogP contribution in [-0.2, 0) is 9.59 Å². The second-order valence-electron chi connectivity index (χ2n) is 3.41. The number of imide groups is 1. The van der Waals surface area contributed by atoms with Gasteiger partial charge in [-0.3, -0.25) is 19.8 Å². The first kappa shape index (κ1) is 8.65. The lowest BCUT2D eigenvalue weighted by Crippen LogP contribution is -2.56. The molecule has 5 nitrogen and oxygen atoms in total. The summed E-state index contributed by atoms with van der Waals surface area (Å²) >= 11 is 0. The van der Waals surface area contributed by atoms with Crippen molar-refractivity contribution in [1.29, 1.82) is 0 Å². The molecule has 0 aromatic heterocycles. The summed E-state index contributed by atoms with van der Waals surface area (Å²) in [6, 6.07) is 0.0853. The van der Waals surface area contributed by atoms with Gasteiger partial charge in [-0.1, -0.05) is 0 Å². The third-order valence-electron chi connectivity index (χ3n) is 2.49. The molecule has 0 radical (unpaired) electrons. The highest BCUT2D eigenvalue weighted by Gasteiger charge is 2.33. The van der Waals surface area contributed by atoms with Crippen LogP contribution in [0.2, 0.25) is 0 Å². The molecular weight excluding hydrogens is 170 g/mol. The Morgan fingerprint density at radius 1 is 1.15 bits per heavy atom. The number of carbonyl (C=O) groups is 2. The molecule has 13 heavy (non-hydrogen) atoms. The number of amides is 2. The number of piperazine rings is 1. The molecule has 5 heteroatoms. The monoisotopic (exact) mass is 183 g/mol. The van der Waals surface area contributed by atoms with E-state index in [1.54, 1.807) is 0 Å². The van der Waals surface area contributed by atoms with Gasteiger partial charge in [-0.05, 0) is 13.0 Å². The number of nitrogens with one attached hydrogen (secondary N) is 2. The molecule has 2 N–H and O–H groups in total. The highest BCUT2D eigenvalue weighted by molar-refractivity contribution is 5.99. The van der Waals surface area contributed by atoms with Gasteiger partial charge in [0.05, 0.1) is 19.1 Å². The third kappa shape index (κ3) is 1.57. The summed E-state index contributed by atoms with van der Waals surface area (Å²) in [5.74, 6) is -0.185. The Bertz CT molecular complexity index is 220. The maximum Gasteiger partial charge on any atom is 0.243 e. The van der Waals surface area contributed by atoms with Crippen LogP contribution in [0.15, 0.2) is 0 Å². The Morgan fingerprint density at radius 3 is 2.38 bits per heavy atom. The first-order valence-electron chi connectivity index (χ1n) is 4.55. The number of rotatable bonds is 1. The molecule has 72 valence electrons. The van der Waals surface area contributed by atoms with E-state index >= 15 is 0 Å². The van der Waals surface area contributed by atoms with Gasteiger partial charge in [-0.2, -0.15) is 0 Å². The molecular formula is C8H13N3O2. The molecule has 1 unspecified atom stereocenters. The molecule has 0 bridgehead atoms. The van der Waals surface area contributed by atoms with E-state index in [9.17, 15) is 9.59 Å². The van der Waals surface area contributed by atoms with E-state index in [1.807, 2.05) is 0 Å². The molecule has 0 aromatic rings. The highest BCUT2D eigenvalue weighted by atomic mass is 16.2. The lowest BCUT2D eigenvalue weighted by molar-refractivity contribution is -0.148. The Hall–Kier alpha value is -0.940. The van der Waals surface area contributed by atoms with Crippen LogP contribution >= 0.6 is 0 Å². The standard InChI is InChI=1S/C8H13N3O2/c12-7-4-10-5-8(13)11(7)6-1-2-9-3-6/h6,9-10H,1-5H2. The molecule has 2 rings (SSSR count). The van der Waals surface area contributed by atoms with Crippen LogP contribution in [0.1, 0.15) is 6.42 Å². The molecule has 0 aliphatic carbocycles. The van der Waals surface area contributed by atoms with Crippen molar-refractivity contribution in [2.75, 3.05) is 26.2 Å². The molecule has 0 saturated carbocycles. The van der Waals surface area contributed by atoms with Crippen LogP contribution in [0, 0.1) is 0 Å². The average molecular weight is 183 g/mol. The Morgan fingerprint density at radius 2 is 1.85 bits per heavy atom. The van der Waals surface area contributed by atoms with E-state index in [0.29, 0.717) is 13.1 Å². The largest absolute Gasteiger partial charge is 0.315 e. The van der Waals surface area contributed by atoms with E-state index in [1.165, 1.54) is 4.90 Å². The molecule has 2 amide bonds. The fourth-order valence-electron chi connectivity index (χ4n) is 1.85. The summed E-state index contributed by atoms with van der Waals surface area (Å²) in [4.78, 5) is 24.2. The second-order valence-corrected chi connectivity index (χ2v) is 3.41. The van der Waals surface area contributed by atoms with Crippen molar-refractivity contribution in [3.05, 3.63) is 0 Å². The fourth-order valence-corrected chi connectivity index (χ4v) is 1.85. The minimum atomic E-state index is -0.0926. The van der Waals surface area contributed by atoms with Crippen LogP contribution in [0.25, 0.3) is 0 Å². The zero-order valence-corrected chi connectivity index (χ0v) is 7.38. The van der Waals surface area contributed by atoms with Gasteiger partial charge in [-0.25, -0.2) is 0 Å². The van der Waals surface area contributed by atoms with Gasteiger partial charge in [0.2, 0.25) is 11.8 Å². The van der Waals surface area contributed by atoms with E-state index < -0.39 is 0 Å². The van der Waals surface area contributed by atoms with Crippen molar-refractivity contribution in [3.63, 3.8) is 0 Å². The Kier molecular flexibility index (Phi) is 2.28. The topological polar surface area (TPSA) is 61.4 Å². The quantitative estimate of drug-likeness (QED) is 0.476. The molecule has 2 aliphatic heterocycles. The van der Waals surface area contributed by atoms with E-state index in [-0.39, 0.29) is 17.9 Å². The van der Waals surface area contributed by atoms with Gasteiger partial charge in [0.15, 0.2) is 0 Å². The summed E-state index contributed by atoms with van der Waals surface area (Å²) in [6.45, 7) is 2.23. The third-order valence-corrected chi connectivity index (χ3v) is 2.49. The normalized spacial score (nSPS) is 29.8. The minimum absolute atomic E-state index is 0.0853. The first-order valence-corrected chi connectivity index (χ1v) is 4.55. The summed E-state index contributed by atoms with van der Waals surface area (Å²) < 4.78 is 0. The van der Waals surface area contributed by atoms with Gasteiger partial charge in [-0.15, -0.1) is 0 Å². The molecule has 2 saturated heterocycles. The maximum absolute atomic E-state index is 11.4. The molecule has 2 fully saturated rings. The van der Waals surface area contributed by atoms with Gasteiger partial charge in [0.1, 0.15) is 0 Å². The molecule has 1 atom stereocenters. The van der Waals surface area contributed by atoms with Crippen molar-refractivity contribution in [2.45, 2.75) is 12.5 Å². The zero-order chi connectivity index (χ0) is 9.26. The summed E-state index contributed by atoms with van der Waals surface area (Å²) in [5, 5.41) is 5.92. The van der Waals surface area contributed by atoms with Gasteiger partial charge < -0.3 is 5.32 Å². The zero-order valence-electron chi connectivity index (χ0n) is 7.38. The number of nitrogens with zero attached hydrogens (tertiary/aromatic N) is 1. The predicted molar refractivity (Wildman–Crippen MR) is 46.0 cm³/mol. The number of carbonyl (C=O) groups excluding carboxylic acids is 2. The fraction of sp³-hybridized carbons (Fsp3) is 0.750. The molecule has 0 spiro atoms. The lowest BCUT2D eigenvalue weighted by Gasteiger charge is -2.30. The van der Waals surface area contributed by atoms with Crippen molar-refractivity contribution in [3.8, 4) is 0 Å². The molecule has 2 aliphatic rings. The van der Waals surface area contributed by atoms with E-state index in [4.69, 9.17) is 0 Å². The van der Waals surface area contributed by atoms with Crippen LogP contribution in [-0.4, -0.2) is 48.9 Å². The smallest absolute Gasteiger partial charge is 0.243 e. The highest BCUT2D eigenvalue weighted by Crippen LogP contribution is 2.10. The van der Waals surface area contributed by atoms with Crippen molar-refractivity contribution >= 4 is 11.8 Å². The van der Waals surface area contributed by atoms with Crippen LogP contribution in [0.5, 0.6) is 0 Å². The molecule has 2 heterocycles. The first-order chi connectivity index (χ1) is 6.29. The average Bonchev–Trinajstić information content (AvgIpc) is 2.57. The molecule has 0 aromatic carbocycles. The Balaban J connectivity index is 2.08. The van der Waals surface area contributed by atoms with E-state index in [2.05, 4.69) is 10.6 Å². The van der Waals surface area contributed by atoms with Crippen LogP contribution < -0.4 is 10.6 Å². The van der Waals surface area contributed by atoms with Crippen molar-refractivity contribution in [1.82, 2.24) is 15.5 Å². The summed E-state index contributed by atoms with van der Waals surface area (Å²) in [5.41, 5.74) is 0. The lowest BCUT2D eigenvalue weighted by atomic mass is 10.2. The van der Waals surface area contributed by atoms with Crippen LogP contribution in [0.4, 0.5) is 0 Å². The summed E-state index contributed by atoms with van der Waals surface area (Å²) in [7, 11) is 0. The number of hydrogen-bond acceptors (Lipinski definition) is 4. The Labute approximate surface area is 76.5 Å². The van der Waals surface area contributed by atoms with Crippen molar-refractivity contribution in [2.24, 2.45) is 0 Å². The predicted octanol–water partition coefficient (Wildman–Crippen LogP) is -1.69. The van der Waals surface area contributed by atoms with Gasteiger partial charge in [0.25, 0.3) is 0 Å². The second kappa shape index (κ2) is 3.43. The SMILES string of the molecule is O=C1CNCC(=O)N1C1CCNC1. The van der Waals surface area contributed by atoms with Crippen molar-refractivity contribution < 1.29 is 9.59 Å². The summed E-state index contributed by atoms with van der Waals surface area (Å²) in [6.07, 6.45) is 0.886. The van der Waals surface area contributed by atoms with Gasteiger partial charge >= 0.3 is 0 Å². The van der Waals surface area contributed by atoms with Crippen LogP contribution in [0.3, 0.4) is 0 Å². The number of hydrogen-bond donors (Lipinski definition) is 2. The maximum atomic E-state index is 11.4.